The molecule has 2 N–H and O–H groups in total. The molecule has 2 aromatic rings. The first kappa shape index (κ1) is 20.8. The third-order valence-corrected chi connectivity index (χ3v) is 5.76. The van der Waals surface area contributed by atoms with Gasteiger partial charge in [-0.25, -0.2) is 8.42 Å². The highest BCUT2D eigenvalue weighted by molar-refractivity contribution is 7.92. The zero-order valence-electron chi connectivity index (χ0n) is 16.3. The molecule has 7 heteroatoms. The van der Waals surface area contributed by atoms with E-state index in [1.165, 1.54) is 19.2 Å². The topological polar surface area (TPSA) is 84.5 Å². The molecule has 0 aliphatic rings. The molecule has 6 nitrogen and oxygen atoms in total. The van der Waals surface area contributed by atoms with Crippen molar-refractivity contribution in [3.63, 3.8) is 0 Å². The van der Waals surface area contributed by atoms with Crippen LogP contribution in [0, 0.1) is 6.92 Å². The number of hydrogen-bond acceptors (Lipinski definition) is 4. The molecule has 27 heavy (non-hydrogen) atoms. The summed E-state index contributed by atoms with van der Waals surface area (Å²) in [7, 11) is -2.54. The highest BCUT2D eigenvalue weighted by Crippen LogP contribution is 2.27. The molecule has 0 fully saturated rings. The Morgan fingerprint density at radius 3 is 2.30 bits per heavy atom. The number of rotatable bonds is 7. The molecule has 2 rings (SSSR count). The zero-order valence-corrected chi connectivity index (χ0v) is 17.1. The van der Waals surface area contributed by atoms with Crippen LogP contribution in [0.25, 0.3) is 0 Å². The van der Waals surface area contributed by atoms with E-state index in [2.05, 4.69) is 10.0 Å². The maximum atomic E-state index is 12.9. The molecule has 0 heterocycles. The van der Waals surface area contributed by atoms with E-state index in [0.29, 0.717) is 5.69 Å². The van der Waals surface area contributed by atoms with Gasteiger partial charge in [-0.3, -0.25) is 9.52 Å². The Morgan fingerprint density at radius 2 is 1.74 bits per heavy atom. The van der Waals surface area contributed by atoms with Crippen LogP contribution in [-0.2, 0) is 10.0 Å². The van der Waals surface area contributed by atoms with Crippen LogP contribution in [0.2, 0.25) is 0 Å². The number of methoxy groups -OCH3 is 1. The lowest BCUT2D eigenvalue weighted by molar-refractivity contribution is 0.0911. The van der Waals surface area contributed by atoms with Gasteiger partial charge in [0.2, 0.25) is 0 Å². The molecule has 0 atom stereocenters. The Labute approximate surface area is 161 Å². The van der Waals surface area contributed by atoms with Crippen molar-refractivity contribution >= 4 is 21.6 Å². The molecule has 0 unspecified atom stereocenters. The van der Waals surface area contributed by atoms with E-state index in [-0.39, 0.29) is 22.1 Å². The van der Waals surface area contributed by atoms with E-state index >= 15 is 0 Å². The normalized spacial score (nSPS) is 11.7. The largest absolute Gasteiger partial charge is 0.495 e. The molecular weight excluding hydrogens is 364 g/mol. The van der Waals surface area contributed by atoms with Gasteiger partial charge in [0, 0.05) is 16.8 Å². The zero-order chi connectivity index (χ0) is 20.2. The lowest BCUT2D eigenvalue weighted by atomic mass is 10.0. The van der Waals surface area contributed by atoms with Crippen LogP contribution in [0.15, 0.2) is 47.4 Å². The highest BCUT2D eigenvalue weighted by atomic mass is 32.2. The van der Waals surface area contributed by atoms with Crippen LogP contribution in [-0.4, -0.2) is 27.0 Å². The third kappa shape index (κ3) is 5.23. The van der Waals surface area contributed by atoms with Gasteiger partial charge in [-0.05, 0) is 57.5 Å². The average molecular weight is 391 g/mol. The van der Waals surface area contributed by atoms with Gasteiger partial charge in [0.25, 0.3) is 15.9 Å². The number of carbonyl (C=O) groups excluding carboxylic acids is 1. The lowest BCUT2D eigenvalue weighted by Crippen LogP contribution is -2.42. The Kier molecular flexibility index (Phi) is 6.15. The predicted molar refractivity (Wildman–Crippen MR) is 107 cm³/mol. The maximum absolute atomic E-state index is 12.9. The average Bonchev–Trinajstić information content (AvgIpc) is 2.62. The molecule has 2 aromatic carbocycles. The quantitative estimate of drug-likeness (QED) is 0.755. The van der Waals surface area contributed by atoms with E-state index in [1.54, 1.807) is 18.2 Å². The summed E-state index contributed by atoms with van der Waals surface area (Å²) in [4.78, 5) is 12.4. The van der Waals surface area contributed by atoms with Crippen molar-refractivity contribution < 1.29 is 17.9 Å². The second-order valence-electron chi connectivity index (χ2n) is 7.03. The number of hydrogen-bond donors (Lipinski definition) is 2. The number of sulfonamides is 1. The van der Waals surface area contributed by atoms with E-state index < -0.39 is 15.6 Å². The summed E-state index contributed by atoms with van der Waals surface area (Å²) in [5.41, 5.74) is 1.31. The molecular formula is C20H26N2O4S. The van der Waals surface area contributed by atoms with Crippen LogP contribution in [0.5, 0.6) is 5.75 Å². The maximum Gasteiger partial charge on any atom is 0.265 e. The van der Waals surface area contributed by atoms with Crippen LogP contribution < -0.4 is 14.8 Å². The van der Waals surface area contributed by atoms with Crippen molar-refractivity contribution in [2.75, 3.05) is 11.8 Å². The Morgan fingerprint density at radius 1 is 1.11 bits per heavy atom. The van der Waals surface area contributed by atoms with Gasteiger partial charge < -0.3 is 10.1 Å². The molecule has 0 bridgehead atoms. The fourth-order valence-corrected chi connectivity index (χ4v) is 3.58. The molecule has 0 spiro atoms. The Balaban J connectivity index is 2.39. The first-order chi connectivity index (χ1) is 12.6. The summed E-state index contributed by atoms with van der Waals surface area (Å²) < 4.78 is 33.4. The van der Waals surface area contributed by atoms with Gasteiger partial charge in [-0.15, -0.1) is 0 Å². The number of nitrogens with one attached hydrogen (secondary N) is 2. The number of carbonyl (C=O) groups is 1. The minimum atomic E-state index is -3.93. The molecule has 0 aromatic heterocycles. The highest BCUT2D eigenvalue weighted by Gasteiger charge is 2.24. The first-order valence-corrected chi connectivity index (χ1v) is 10.2. The van der Waals surface area contributed by atoms with Crippen LogP contribution in [0.3, 0.4) is 0 Å². The number of amides is 1. The van der Waals surface area contributed by atoms with Gasteiger partial charge in [-0.2, -0.15) is 0 Å². The summed E-state index contributed by atoms with van der Waals surface area (Å²) in [6.45, 7) is 7.70. The van der Waals surface area contributed by atoms with Crippen LogP contribution in [0.4, 0.5) is 5.69 Å². The summed E-state index contributed by atoms with van der Waals surface area (Å²) in [5, 5.41) is 2.90. The van der Waals surface area contributed by atoms with E-state index in [1.807, 2.05) is 39.8 Å². The summed E-state index contributed by atoms with van der Waals surface area (Å²) >= 11 is 0. The van der Waals surface area contributed by atoms with Crippen molar-refractivity contribution in [3.05, 3.63) is 53.6 Å². The number of anilines is 1. The number of ether oxygens (including phenoxy) is 1. The summed E-state index contributed by atoms with van der Waals surface area (Å²) in [5.74, 6) is -0.169. The van der Waals surface area contributed by atoms with Crippen molar-refractivity contribution in [3.8, 4) is 5.75 Å². The molecule has 0 radical (unpaired) electrons. The van der Waals surface area contributed by atoms with Crippen molar-refractivity contribution in [1.29, 1.82) is 0 Å². The molecule has 1 amide bonds. The lowest BCUT2D eigenvalue weighted by Gasteiger charge is -2.24. The fourth-order valence-electron chi connectivity index (χ4n) is 2.33. The standard InChI is InChI=1S/C20H26N2O4S/c1-6-20(3,4)21-19(23)15-9-12-17(26-5)18(13-15)27(24,25)22-16-10-7-14(2)8-11-16/h7-13,22H,6H2,1-5H3,(H,21,23). The molecule has 0 saturated heterocycles. The smallest absolute Gasteiger partial charge is 0.265 e. The van der Waals surface area contributed by atoms with Crippen LogP contribution >= 0.6 is 0 Å². The Bertz CT molecular complexity index is 919. The van der Waals surface area contributed by atoms with E-state index in [4.69, 9.17) is 4.74 Å². The minimum Gasteiger partial charge on any atom is -0.495 e. The number of benzene rings is 2. The van der Waals surface area contributed by atoms with E-state index in [0.717, 1.165) is 12.0 Å². The van der Waals surface area contributed by atoms with Gasteiger partial charge in [0.05, 0.1) is 7.11 Å². The minimum absolute atomic E-state index is 0.0903. The second-order valence-corrected chi connectivity index (χ2v) is 8.68. The van der Waals surface area contributed by atoms with E-state index in [9.17, 15) is 13.2 Å². The summed E-state index contributed by atoms with van der Waals surface area (Å²) in [6, 6.07) is 11.3. The monoisotopic (exact) mass is 390 g/mol. The SMILES string of the molecule is CCC(C)(C)NC(=O)c1ccc(OC)c(S(=O)(=O)Nc2ccc(C)cc2)c1. The molecule has 146 valence electrons. The first-order valence-electron chi connectivity index (χ1n) is 8.68. The van der Waals surface area contributed by atoms with Gasteiger partial charge in [0.15, 0.2) is 0 Å². The Hall–Kier alpha value is -2.54. The van der Waals surface area contributed by atoms with Crippen molar-refractivity contribution in [2.24, 2.45) is 0 Å². The fraction of sp³-hybridized carbons (Fsp3) is 0.350. The predicted octanol–water partition coefficient (Wildman–Crippen LogP) is 3.72. The van der Waals surface area contributed by atoms with Crippen molar-refractivity contribution in [1.82, 2.24) is 5.32 Å². The third-order valence-electron chi connectivity index (χ3n) is 4.35. The van der Waals surface area contributed by atoms with Crippen LogP contribution in [0.1, 0.15) is 43.1 Å². The molecule has 0 saturated carbocycles. The molecule has 0 aliphatic carbocycles. The molecule has 0 aliphatic heterocycles. The second kappa shape index (κ2) is 8.00. The van der Waals surface area contributed by atoms with Crippen molar-refractivity contribution in [2.45, 2.75) is 44.6 Å². The van der Waals surface area contributed by atoms with Gasteiger partial charge in [0.1, 0.15) is 10.6 Å². The number of aryl methyl sites for hydroxylation is 1. The van der Waals surface area contributed by atoms with Gasteiger partial charge in [-0.1, -0.05) is 24.6 Å². The van der Waals surface area contributed by atoms with Gasteiger partial charge >= 0.3 is 0 Å². The summed E-state index contributed by atoms with van der Waals surface area (Å²) in [6.07, 6.45) is 0.745.